The van der Waals surface area contributed by atoms with Crippen LogP contribution in [0.5, 0.6) is 0 Å². The number of carbonyl (C=O) groups is 1. The fourth-order valence-electron chi connectivity index (χ4n) is 1.91. The number of ether oxygens (including phenoxy) is 1. The van der Waals surface area contributed by atoms with Crippen molar-refractivity contribution in [3.8, 4) is 0 Å². The van der Waals surface area contributed by atoms with E-state index in [2.05, 4.69) is 5.32 Å². The highest BCUT2D eigenvalue weighted by molar-refractivity contribution is 7.94. The molecule has 93 valence electrons. The van der Waals surface area contributed by atoms with E-state index in [1.54, 1.807) is 6.92 Å². The average Bonchev–Trinajstić information content (AvgIpc) is 2.17. The molecule has 0 unspecified atom stereocenters. The highest BCUT2D eigenvalue weighted by Crippen LogP contribution is 2.29. The normalized spacial score (nSPS) is 18.7. The number of nitrogens with one attached hydrogen (secondary N) is 1. The van der Waals surface area contributed by atoms with Crippen LogP contribution in [0.2, 0.25) is 0 Å². The van der Waals surface area contributed by atoms with Crippen LogP contribution < -0.4 is 5.32 Å². The van der Waals surface area contributed by atoms with Gasteiger partial charge in [0.1, 0.15) is 0 Å². The zero-order valence-corrected chi connectivity index (χ0v) is 10.5. The zero-order chi connectivity index (χ0) is 12.2. The van der Waals surface area contributed by atoms with Gasteiger partial charge in [-0.25, -0.2) is 8.42 Å². The van der Waals surface area contributed by atoms with Gasteiger partial charge in [0.2, 0.25) is 5.25 Å². The van der Waals surface area contributed by atoms with Gasteiger partial charge in [0, 0.05) is 6.26 Å². The van der Waals surface area contributed by atoms with Gasteiger partial charge in [-0.1, -0.05) is 0 Å². The van der Waals surface area contributed by atoms with E-state index >= 15 is 0 Å². The molecule has 1 saturated heterocycles. The van der Waals surface area contributed by atoms with Gasteiger partial charge < -0.3 is 10.1 Å². The molecule has 0 amide bonds. The van der Waals surface area contributed by atoms with E-state index in [1.165, 1.54) is 0 Å². The van der Waals surface area contributed by atoms with Gasteiger partial charge in [-0.05, 0) is 38.8 Å². The number of carbonyl (C=O) groups excluding carboxylic acids is 1. The standard InChI is InChI=1S/C10H18NO4S/c1-3-15-10(12)9(16(2,13)14)8-4-6-11-7-5-8/h8,11H,3-7H2,1-2H3. The molecule has 0 bridgehead atoms. The summed E-state index contributed by atoms with van der Waals surface area (Å²) < 4.78 is 28.0. The first-order chi connectivity index (χ1) is 7.46. The molecule has 0 spiro atoms. The second-order valence-corrected chi connectivity index (χ2v) is 5.87. The summed E-state index contributed by atoms with van der Waals surface area (Å²) in [6, 6.07) is 0. The first-order valence-electron chi connectivity index (χ1n) is 5.41. The van der Waals surface area contributed by atoms with Gasteiger partial charge in [-0.3, -0.25) is 4.79 Å². The molecule has 1 aliphatic heterocycles. The second-order valence-electron chi connectivity index (χ2n) is 3.88. The van der Waals surface area contributed by atoms with Gasteiger partial charge >= 0.3 is 5.97 Å². The van der Waals surface area contributed by atoms with Crippen molar-refractivity contribution in [3.05, 3.63) is 5.25 Å². The van der Waals surface area contributed by atoms with Crippen LogP contribution in [0.15, 0.2) is 0 Å². The molecule has 16 heavy (non-hydrogen) atoms. The van der Waals surface area contributed by atoms with E-state index in [4.69, 9.17) is 4.74 Å². The van der Waals surface area contributed by atoms with Gasteiger partial charge in [0.25, 0.3) is 0 Å². The molecular formula is C10H18NO4S. The summed E-state index contributed by atoms with van der Waals surface area (Å²) in [4.78, 5) is 11.6. The number of piperidine rings is 1. The topological polar surface area (TPSA) is 72.5 Å². The average molecular weight is 248 g/mol. The summed E-state index contributed by atoms with van der Waals surface area (Å²) in [5, 5.41) is 3.07. The SMILES string of the molecule is CCOC(=O)[C](C1CCNCC1)S(C)(=O)=O. The van der Waals surface area contributed by atoms with Crippen LogP contribution in [0.1, 0.15) is 19.8 Å². The molecule has 0 atom stereocenters. The van der Waals surface area contributed by atoms with Crippen LogP contribution in [-0.4, -0.2) is 40.3 Å². The molecular weight excluding hydrogens is 230 g/mol. The van der Waals surface area contributed by atoms with Crippen molar-refractivity contribution in [2.45, 2.75) is 19.8 Å². The summed E-state index contributed by atoms with van der Waals surface area (Å²) in [7, 11) is -3.47. The molecule has 1 aliphatic rings. The lowest BCUT2D eigenvalue weighted by Crippen LogP contribution is -2.37. The predicted molar refractivity (Wildman–Crippen MR) is 60.3 cm³/mol. The van der Waals surface area contributed by atoms with Gasteiger partial charge in [0.15, 0.2) is 9.84 Å². The van der Waals surface area contributed by atoms with Crippen LogP contribution in [0.3, 0.4) is 0 Å². The van der Waals surface area contributed by atoms with Crippen LogP contribution in [0, 0.1) is 11.2 Å². The van der Waals surface area contributed by atoms with E-state index < -0.39 is 15.8 Å². The summed E-state index contributed by atoms with van der Waals surface area (Å²) >= 11 is 0. The van der Waals surface area contributed by atoms with Crippen molar-refractivity contribution in [3.63, 3.8) is 0 Å². The van der Waals surface area contributed by atoms with E-state index in [9.17, 15) is 13.2 Å². The first kappa shape index (κ1) is 13.4. The maximum Gasteiger partial charge on any atom is 0.330 e. The van der Waals surface area contributed by atoms with Gasteiger partial charge in [0.05, 0.1) is 6.61 Å². The van der Waals surface area contributed by atoms with Crippen LogP contribution >= 0.6 is 0 Å². The maximum atomic E-state index is 11.6. The molecule has 0 aromatic rings. The summed E-state index contributed by atoms with van der Waals surface area (Å²) in [5.74, 6) is -0.882. The Kier molecular flexibility index (Phi) is 4.73. The number of sulfone groups is 1. The van der Waals surface area contributed by atoms with E-state index in [0.717, 1.165) is 19.3 Å². The van der Waals surface area contributed by atoms with Gasteiger partial charge in [-0.2, -0.15) is 0 Å². The Balaban J connectivity index is 2.82. The predicted octanol–water partition coefficient (Wildman–Crippen LogP) is 0.126. The maximum absolute atomic E-state index is 11.6. The van der Waals surface area contributed by atoms with Crippen LogP contribution in [0.25, 0.3) is 0 Å². The molecule has 1 N–H and O–H groups in total. The molecule has 1 rings (SSSR count). The number of hydrogen-bond donors (Lipinski definition) is 1. The number of rotatable bonds is 4. The highest BCUT2D eigenvalue weighted by atomic mass is 32.2. The van der Waals surface area contributed by atoms with Crippen molar-refractivity contribution < 1.29 is 17.9 Å². The number of esters is 1. The Morgan fingerprint density at radius 1 is 1.38 bits per heavy atom. The Morgan fingerprint density at radius 2 is 1.94 bits per heavy atom. The van der Waals surface area contributed by atoms with Crippen molar-refractivity contribution >= 4 is 15.8 Å². The Hall–Kier alpha value is -0.620. The minimum absolute atomic E-state index is 0.0594. The fraction of sp³-hybridized carbons (Fsp3) is 0.800. The summed E-state index contributed by atoms with van der Waals surface area (Å²) in [6.07, 6.45) is 2.41. The lowest BCUT2D eigenvalue weighted by atomic mass is 9.94. The molecule has 0 saturated carbocycles. The second kappa shape index (κ2) is 5.63. The lowest BCUT2D eigenvalue weighted by Gasteiger charge is -2.27. The molecule has 5 nitrogen and oxygen atoms in total. The summed E-state index contributed by atoms with van der Waals surface area (Å²) in [5.41, 5.74) is 0. The Labute approximate surface area is 96.5 Å². The summed E-state index contributed by atoms with van der Waals surface area (Å²) in [6.45, 7) is 3.34. The Morgan fingerprint density at radius 3 is 2.38 bits per heavy atom. The lowest BCUT2D eigenvalue weighted by molar-refractivity contribution is -0.140. The number of hydrogen-bond acceptors (Lipinski definition) is 5. The molecule has 1 radical (unpaired) electrons. The third-order valence-corrected chi connectivity index (χ3v) is 3.88. The molecule has 0 aliphatic carbocycles. The van der Waals surface area contributed by atoms with Crippen molar-refractivity contribution in [2.24, 2.45) is 5.92 Å². The Bertz CT molecular complexity index is 333. The first-order valence-corrected chi connectivity index (χ1v) is 7.30. The quantitative estimate of drug-likeness (QED) is 0.716. The van der Waals surface area contributed by atoms with Crippen LogP contribution in [0.4, 0.5) is 0 Å². The fourth-order valence-corrected chi connectivity index (χ4v) is 3.11. The van der Waals surface area contributed by atoms with E-state index in [0.29, 0.717) is 12.8 Å². The molecule has 1 fully saturated rings. The van der Waals surface area contributed by atoms with Crippen molar-refractivity contribution in [1.29, 1.82) is 0 Å². The van der Waals surface area contributed by atoms with Crippen molar-refractivity contribution in [2.75, 3.05) is 26.0 Å². The highest BCUT2D eigenvalue weighted by Gasteiger charge is 2.39. The largest absolute Gasteiger partial charge is 0.465 e. The molecule has 1 heterocycles. The third kappa shape index (κ3) is 3.45. The zero-order valence-electron chi connectivity index (χ0n) is 9.65. The smallest absolute Gasteiger partial charge is 0.330 e. The minimum atomic E-state index is -3.47. The third-order valence-electron chi connectivity index (χ3n) is 2.59. The van der Waals surface area contributed by atoms with E-state index in [1.807, 2.05) is 0 Å². The van der Waals surface area contributed by atoms with E-state index in [-0.39, 0.29) is 17.8 Å². The van der Waals surface area contributed by atoms with Crippen LogP contribution in [-0.2, 0) is 19.4 Å². The molecule has 6 heteroatoms. The minimum Gasteiger partial charge on any atom is -0.465 e. The molecule has 0 aromatic carbocycles. The van der Waals surface area contributed by atoms with Crippen molar-refractivity contribution in [1.82, 2.24) is 5.32 Å². The van der Waals surface area contributed by atoms with Gasteiger partial charge in [-0.15, -0.1) is 0 Å². The monoisotopic (exact) mass is 248 g/mol. The molecule has 0 aromatic heterocycles.